The van der Waals surface area contributed by atoms with Gasteiger partial charge in [0.05, 0.1) is 17.2 Å². The molecule has 4 heteroatoms. The minimum absolute atomic E-state index is 0.0556. The molecule has 1 aromatic rings. The normalized spacial score (nSPS) is 12.4. The fraction of sp³-hybridized carbons (Fsp3) is 0.364. The summed E-state index contributed by atoms with van der Waals surface area (Å²) < 4.78 is 11.7. The Morgan fingerprint density at radius 2 is 2.07 bits per heavy atom. The summed E-state index contributed by atoms with van der Waals surface area (Å²) in [6.07, 6.45) is -0.0556. The zero-order valence-corrected chi connectivity index (χ0v) is 9.63. The highest BCUT2D eigenvalue weighted by Gasteiger charge is 2.09. The smallest absolute Gasteiger partial charge is 0.304 e. The standard InChI is InChI=1S/C11H14O3S/c1-8-3-4-10(9(2)7-8)15(14)6-5-11(12)13/h3-4,7H,5-6H2,1-2H3,(H,12,13). The molecule has 0 bridgehead atoms. The van der Waals surface area contributed by atoms with Gasteiger partial charge in [0, 0.05) is 10.6 Å². The van der Waals surface area contributed by atoms with E-state index in [4.69, 9.17) is 5.11 Å². The highest BCUT2D eigenvalue weighted by atomic mass is 32.2. The molecule has 0 saturated heterocycles. The first kappa shape index (κ1) is 11.9. The molecule has 1 atom stereocenters. The number of benzene rings is 1. The molecule has 0 aliphatic heterocycles. The van der Waals surface area contributed by atoms with Crippen LogP contribution in [0.25, 0.3) is 0 Å². The first-order chi connectivity index (χ1) is 7.00. The van der Waals surface area contributed by atoms with E-state index < -0.39 is 16.8 Å². The van der Waals surface area contributed by atoms with Crippen molar-refractivity contribution >= 4 is 16.8 Å². The molecule has 1 N–H and O–H groups in total. The Kier molecular flexibility index (Phi) is 4.03. The quantitative estimate of drug-likeness (QED) is 0.853. The molecule has 0 radical (unpaired) electrons. The van der Waals surface area contributed by atoms with E-state index in [1.54, 1.807) is 0 Å². The van der Waals surface area contributed by atoms with Gasteiger partial charge in [-0.1, -0.05) is 17.7 Å². The van der Waals surface area contributed by atoms with Crippen LogP contribution >= 0.6 is 0 Å². The number of hydrogen-bond acceptors (Lipinski definition) is 2. The van der Waals surface area contributed by atoms with Gasteiger partial charge in [0.2, 0.25) is 0 Å². The Morgan fingerprint density at radius 3 is 2.60 bits per heavy atom. The van der Waals surface area contributed by atoms with Crippen LogP contribution in [0, 0.1) is 13.8 Å². The van der Waals surface area contributed by atoms with Crippen LogP contribution in [0.15, 0.2) is 23.1 Å². The van der Waals surface area contributed by atoms with Gasteiger partial charge in [0.1, 0.15) is 0 Å². The third-order valence-corrected chi connectivity index (χ3v) is 3.60. The van der Waals surface area contributed by atoms with Gasteiger partial charge in [-0.25, -0.2) is 0 Å². The second-order valence-corrected chi connectivity index (χ2v) is 5.00. The Bertz CT molecular complexity index is 399. The van der Waals surface area contributed by atoms with Crippen molar-refractivity contribution < 1.29 is 14.1 Å². The summed E-state index contributed by atoms with van der Waals surface area (Å²) in [5.74, 6) is -0.729. The van der Waals surface area contributed by atoms with Gasteiger partial charge in [-0.3, -0.25) is 9.00 Å². The van der Waals surface area contributed by atoms with Gasteiger partial charge in [-0.15, -0.1) is 0 Å². The van der Waals surface area contributed by atoms with Crippen molar-refractivity contribution in [2.45, 2.75) is 25.2 Å². The molecule has 0 spiro atoms. The van der Waals surface area contributed by atoms with Crippen molar-refractivity contribution in [3.8, 4) is 0 Å². The van der Waals surface area contributed by atoms with E-state index >= 15 is 0 Å². The molecule has 0 aliphatic rings. The van der Waals surface area contributed by atoms with Crippen molar-refractivity contribution in [2.24, 2.45) is 0 Å². The Labute approximate surface area is 91.6 Å². The van der Waals surface area contributed by atoms with Crippen LogP contribution < -0.4 is 0 Å². The van der Waals surface area contributed by atoms with Crippen LogP contribution in [0.3, 0.4) is 0 Å². The van der Waals surface area contributed by atoms with Gasteiger partial charge >= 0.3 is 5.97 Å². The molecule has 0 aromatic heterocycles. The van der Waals surface area contributed by atoms with Crippen molar-refractivity contribution in [3.63, 3.8) is 0 Å². The first-order valence-corrected chi connectivity index (χ1v) is 6.00. The summed E-state index contributed by atoms with van der Waals surface area (Å²) in [4.78, 5) is 11.1. The van der Waals surface area contributed by atoms with E-state index in [0.717, 1.165) is 16.0 Å². The van der Waals surface area contributed by atoms with Crippen LogP contribution in [0.2, 0.25) is 0 Å². The number of rotatable bonds is 4. The van der Waals surface area contributed by atoms with E-state index in [1.165, 1.54) is 0 Å². The maximum Gasteiger partial charge on any atom is 0.304 e. The molecule has 0 fully saturated rings. The van der Waals surface area contributed by atoms with E-state index in [0.29, 0.717) is 0 Å². The van der Waals surface area contributed by atoms with Gasteiger partial charge < -0.3 is 5.11 Å². The first-order valence-electron chi connectivity index (χ1n) is 4.68. The van der Waals surface area contributed by atoms with E-state index in [1.807, 2.05) is 32.0 Å². The summed E-state index contributed by atoms with van der Waals surface area (Å²) >= 11 is 0. The molecule has 3 nitrogen and oxygen atoms in total. The lowest BCUT2D eigenvalue weighted by Gasteiger charge is -2.05. The highest BCUT2D eigenvalue weighted by molar-refractivity contribution is 7.85. The molecule has 0 aliphatic carbocycles. The summed E-state index contributed by atoms with van der Waals surface area (Å²) in [6, 6.07) is 5.65. The fourth-order valence-electron chi connectivity index (χ4n) is 1.34. The van der Waals surface area contributed by atoms with E-state index in [9.17, 15) is 9.00 Å². The molecule has 1 unspecified atom stereocenters. The van der Waals surface area contributed by atoms with Crippen molar-refractivity contribution in [1.29, 1.82) is 0 Å². The predicted molar refractivity (Wildman–Crippen MR) is 59.4 cm³/mol. The molecule has 0 heterocycles. The molecule has 1 rings (SSSR count). The molecule has 82 valence electrons. The lowest BCUT2D eigenvalue weighted by atomic mass is 10.2. The number of aliphatic carboxylic acids is 1. The molecule has 1 aromatic carbocycles. The summed E-state index contributed by atoms with van der Waals surface area (Å²) in [5, 5.41) is 8.49. The monoisotopic (exact) mass is 226 g/mol. The maximum absolute atomic E-state index is 11.7. The Hall–Kier alpha value is -1.16. The topological polar surface area (TPSA) is 54.4 Å². The zero-order chi connectivity index (χ0) is 11.4. The largest absolute Gasteiger partial charge is 0.481 e. The van der Waals surface area contributed by atoms with E-state index in [2.05, 4.69) is 0 Å². The van der Waals surface area contributed by atoms with Gasteiger partial charge in [-0.2, -0.15) is 0 Å². The average molecular weight is 226 g/mol. The second kappa shape index (κ2) is 5.07. The molecule has 0 saturated carbocycles. The van der Waals surface area contributed by atoms with Crippen LogP contribution in [-0.4, -0.2) is 21.0 Å². The molecular weight excluding hydrogens is 212 g/mol. The third kappa shape index (κ3) is 3.47. The Morgan fingerprint density at radius 1 is 1.40 bits per heavy atom. The molecular formula is C11H14O3S. The second-order valence-electron chi connectivity index (χ2n) is 3.46. The van der Waals surface area contributed by atoms with Crippen molar-refractivity contribution in [1.82, 2.24) is 0 Å². The SMILES string of the molecule is Cc1ccc(S(=O)CCC(=O)O)c(C)c1. The van der Waals surface area contributed by atoms with Gasteiger partial charge in [0.15, 0.2) is 0 Å². The summed E-state index contributed by atoms with van der Waals surface area (Å²) in [5.41, 5.74) is 2.07. The number of hydrogen-bond donors (Lipinski definition) is 1. The number of aryl methyl sites for hydroxylation is 2. The molecule has 15 heavy (non-hydrogen) atoms. The van der Waals surface area contributed by atoms with E-state index in [-0.39, 0.29) is 12.2 Å². The maximum atomic E-state index is 11.7. The number of carboxylic acid groups (broad SMARTS) is 1. The summed E-state index contributed by atoms with van der Waals surface area (Å²) in [7, 11) is -1.20. The van der Waals surface area contributed by atoms with Crippen LogP contribution in [0.5, 0.6) is 0 Å². The summed E-state index contributed by atoms with van der Waals surface area (Å²) in [6.45, 7) is 3.86. The van der Waals surface area contributed by atoms with Gasteiger partial charge in [0.25, 0.3) is 0 Å². The van der Waals surface area contributed by atoms with Gasteiger partial charge in [-0.05, 0) is 25.5 Å². The molecule has 0 amide bonds. The van der Waals surface area contributed by atoms with Crippen molar-refractivity contribution in [2.75, 3.05) is 5.75 Å². The predicted octanol–water partition coefficient (Wildman–Crippen LogP) is 1.89. The minimum Gasteiger partial charge on any atom is -0.481 e. The van der Waals surface area contributed by atoms with Crippen LogP contribution in [0.4, 0.5) is 0 Å². The lowest BCUT2D eigenvalue weighted by Crippen LogP contribution is -2.06. The van der Waals surface area contributed by atoms with Crippen molar-refractivity contribution in [3.05, 3.63) is 29.3 Å². The fourth-order valence-corrected chi connectivity index (χ4v) is 2.56. The number of carbonyl (C=O) groups is 1. The zero-order valence-electron chi connectivity index (χ0n) is 8.82. The van der Waals surface area contributed by atoms with Crippen LogP contribution in [-0.2, 0) is 15.6 Å². The Balaban J connectivity index is 2.78. The average Bonchev–Trinajstić information content (AvgIpc) is 2.14. The lowest BCUT2D eigenvalue weighted by molar-refractivity contribution is -0.136. The number of carboxylic acids is 1. The highest BCUT2D eigenvalue weighted by Crippen LogP contribution is 2.15. The van der Waals surface area contributed by atoms with Crippen LogP contribution in [0.1, 0.15) is 17.5 Å². The minimum atomic E-state index is -1.20. The third-order valence-electron chi connectivity index (χ3n) is 2.08.